The van der Waals surface area contributed by atoms with E-state index < -0.39 is 0 Å². The van der Waals surface area contributed by atoms with Crippen LogP contribution in [0.15, 0.2) is 47.6 Å². The molecule has 0 aliphatic heterocycles. The number of ether oxygens (including phenoxy) is 2. The molecule has 3 aromatic rings. The second-order valence-corrected chi connectivity index (χ2v) is 8.21. The van der Waals surface area contributed by atoms with Crippen LogP contribution in [0.5, 0.6) is 11.5 Å². The van der Waals surface area contributed by atoms with Crippen LogP contribution >= 0.6 is 11.8 Å². The number of benzene rings is 2. The maximum absolute atomic E-state index is 12.5. The first-order valence-corrected chi connectivity index (χ1v) is 10.9. The number of aromatic nitrogens is 3. The van der Waals surface area contributed by atoms with Crippen LogP contribution in [-0.2, 0) is 11.4 Å². The molecule has 0 saturated carbocycles. The van der Waals surface area contributed by atoms with Crippen LogP contribution in [0.4, 0.5) is 5.69 Å². The van der Waals surface area contributed by atoms with Gasteiger partial charge in [-0.05, 0) is 36.1 Å². The number of aryl methyl sites for hydroxylation is 1. The van der Waals surface area contributed by atoms with Crippen LogP contribution in [0.25, 0.3) is 0 Å². The molecule has 0 bridgehead atoms. The van der Waals surface area contributed by atoms with Crippen LogP contribution in [0.3, 0.4) is 0 Å². The number of anilines is 1. The minimum Gasteiger partial charge on any atom is -0.497 e. The van der Waals surface area contributed by atoms with Gasteiger partial charge in [-0.25, -0.2) is 4.68 Å². The molecule has 0 saturated heterocycles. The Morgan fingerprint density at radius 2 is 1.94 bits per heavy atom. The number of hydrogen-bond donors (Lipinski definition) is 2. The van der Waals surface area contributed by atoms with Crippen molar-refractivity contribution in [2.75, 3.05) is 24.0 Å². The number of thioether (sulfide) groups is 1. The Balaban J connectivity index is 1.58. The predicted molar refractivity (Wildman–Crippen MR) is 122 cm³/mol. The third-order valence-electron chi connectivity index (χ3n) is 4.67. The molecule has 0 atom stereocenters. The summed E-state index contributed by atoms with van der Waals surface area (Å²) < 4.78 is 12.2. The van der Waals surface area contributed by atoms with Gasteiger partial charge in [0.1, 0.15) is 18.1 Å². The summed E-state index contributed by atoms with van der Waals surface area (Å²) in [6.07, 6.45) is 0. The van der Waals surface area contributed by atoms with Crippen molar-refractivity contribution in [3.63, 3.8) is 0 Å². The van der Waals surface area contributed by atoms with Gasteiger partial charge in [0.25, 0.3) is 0 Å². The molecule has 164 valence electrons. The van der Waals surface area contributed by atoms with E-state index in [9.17, 15) is 4.79 Å². The lowest BCUT2D eigenvalue weighted by molar-refractivity contribution is -0.113. The highest BCUT2D eigenvalue weighted by Gasteiger charge is 2.15. The summed E-state index contributed by atoms with van der Waals surface area (Å²) in [7, 11) is 1.60. The lowest BCUT2D eigenvalue weighted by Gasteiger charge is -2.16. The molecule has 9 heteroatoms. The SMILES string of the molecule is COc1cccc(OCc2nnc(SCC(=O)Nc3c(C)cccc3C(C)C)n2N)c1. The van der Waals surface area contributed by atoms with E-state index in [4.69, 9.17) is 15.3 Å². The summed E-state index contributed by atoms with van der Waals surface area (Å²) in [5.74, 6) is 8.21. The van der Waals surface area contributed by atoms with Crippen molar-refractivity contribution in [1.29, 1.82) is 0 Å². The van der Waals surface area contributed by atoms with Crippen molar-refractivity contribution in [1.82, 2.24) is 14.9 Å². The molecular weight excluding hydrogens is 414 g/mol. The standard InChI is InChI=1S/C22H27N5O3S/c1-14(2)18-10-5-7-15(3)21(18)24-20(28)13-31-22-26-25-19(27(22)23)12-30-17-9-6-8-16(11-17)29-4/h5-11,14H,12-13,23H2,1-4H3,(H,24,28). The van der Waals surface area contributed by atoms with E-state index in [0.29, 0.717) is 28.4 Å². The molecule has 0 aliphatic carbocycles. The minimum absolute atomic E-state index is 0.126. The fraction of sp³-hybridized carbons (Fsp3) is 0.318. The summed E-state index contributed by atoms with van der Waals surface area (Å²) in [5.41, 5.74) is 3.01. The second kappa shape index (κ2) is 10.2. The molecule has 8 nitrogen and oxygen atoms in total. The lowest BCUT2D eigenvalue weighted by atomic mass is 9.98. The molecule has 1 aromatic heterocycles. The molecule has 2 aromatic carbocycles. The van der Waals surface area contributed by atoms with E-state index in [1.807, 2.05) is 43.3 Å². The van der Waals surface area contributed by atoms with E-state index in [1.165, 1.54) is 16.4 Å². The summed E-state index contributed by atoms with van der Waals surface area (Å²) in [6.45, 7) is 6.33. The van der Waals surface area contributed by atoms with E-state index >= 15 is 0 Å². The highest BCUT2D eigenvalue weighted by atomic mass is 32.2. The van der Waals surface area contributed by atoms with Gasteiger partial charge in [0.15, 0.2) is 5.82 Å². The van der Waals surface area contributed by atoms with E-state index in [1.54, 1.807) is 13.2 Å². The number of nitrogens with one attached hydrogen (secondary N) is 1. The number of methoxy groups -OCH3 is 1. The first-order valence-electron chi connectivity index (χ1n) is 9.87. The van der Waals surface area contributed by atoms with Gasteiger partial charge in [-0.15, -0.1) is 10.2 Å². The van der Waals surface area contributed by atoms with Gasteiger partial charge in [0.05, 0.1) is 12.9 Å². The fourth-order valence-corrected chi connectivity index (χ4v) is 3.67. The maximum atomic E-state index is 12.5. The van der Waals surface area contributed by atoms with Gasteiger partial charge in [-0.1, -0.05) is 49.9 Å². The largest absolute Gasteiger partial charge is 0.497 e. The Morgan fingerprint density at radius 1 is 1.19 bits per heavy atom. The zero-order valence-electron chi connectivity index (χ0n) is 18.1. The highest BCUT2D eigenvalue weighted by molar-refractivity contribution is 7.99. The number of hydrogen-bond acceptors (Lipinski definition) is 7. The maximum Gasteiger partial charge on any atom is 0.234 e. The van der Waals surface area contributed by atoms with Gasteiger partial charge in [-0.3, -0.25) is 4.79 Å². The molecule has 0 spiro atoms. The van der Waals surface area contributed by atoms with E-state index in [2.05, 4.69) is 29.4 Å². The Labute approximate surface area is 186 Å². The average molecular weight is 442 g/mol. The number of nitrogens with two attached hydrogens (primary N) is 1. The van der Waals surface area contributed by atoms with Crippen LogP contribution in [-0.4, -0.2) is 33.6 Å². The second-order valence-electron chi connectivity index (χ2n) is 7.27. The summed E-state index contributed by atoms with van der Waals surface area (Å²) >= 11 is 1.22. The van der Waals surface area contributed by atoms with Crippen molar-refractivity contribution in [3.05, 3.63) is 59.4 Å². The number of amides is 1. The topological polar surface area (TPSA) is 104 Å². The molecule has 0 aliphatic rings. The molecule has 3 N–H and O–H groups in total. The van der Waals surface area contributed by atoms with Crippen molar-refractivity contribution in [3.8, 4) is 11.5 Å². The Bertz CT molecular complexity index is 1050. The summed E-state index contributed by atoms with van der Waals surface area (Å²) in [6, 6.07) is 13.3. The molecule has 0 radical (unpaired) electrons. The van der Waals surface area contributed by atoms with Crippen molar-refractivity contribution in [2.45, 2.75) is 38.5 Å². The lowest BCUT2D eigenvalue weighted by Crippen LogP contribution is -2.19. The minimum atomic E-state index is -0.126. The van der Waals surface area contributed by atoms with Crippen molar-refractivity contribution in [2.24, 2.45) is 0 Å². The predicted octanol–water partition coefficient (Wildman–Crippen LogP) is 3.74. The van der Waals surface area contributed by atoms with Crippen molar-refractivity contribution >= 4 is 23.4 Å². The average Bonchev–Trinajstić information content (AvgIpc) is 3.11. The van der Waals surface area contributed by atoms with E-state index in [-0.39, 0.29) is 18.3 Å². The normalized spacial score (nSPS) is 10.9. The molecule has 0 unspecified atom stereocenters. The third-order valence-corrected chi connectivity index (χ3v) is 5.61. The molecule has 3 rings (SSSR count). The Morgan fingerprint density at radius 3 is 2.68 bits per heavy atom. The first kappa shape index (κ1) is 22.5. The van der Waals surface area contributed by atoms with Crippen LogP contribution < -0.4 is 20.6 Å². The fourth-order valence-electron chi connectivity index (χ4n) is 2.99. The number of para-hydroxylation sites is 1. The van der Waals surface area contributed by atoms with Gasteiger partial charge in [0.2, 0.25) is 11.1 Å². The number of carbonyl (C=O) groups is 1. The smallest absolute Gasteiger partial charge is 0.234 e. The quantitative estimate of drug-likeness (QED) is 0.385. The Hall–Kier alpha value is -3.20. The van der Waals surface area contributed by atoms with Gasteiger partial charge in [-0.2, -0.15) is 0 Å². The monoisotopic (exact) mass is 441 g/mol. The summed E-state index contributed by atoms with van der Waals surface area (Å²) in [4.78, 5) is 12.5. The van der Waals surface area contributed by atoms with Crippen LogP contribution in [0.2, 0.25) is 0 Å². The molecule has 1 heterocycles. The number of nitrogen functional groups attached to an aromatic ring is 1. The van der Waals surface area contributed by atoms with Crippen LogP contribution in [0, 0.1) is 6.92 Å². The van der Waals surface area contributed by atoms with Gasteiger partial charge < -0.3 is 20.6 Å². The summed E-state index contributed by atoms with van der Waals surface area (Å²) in [5, 5.41) is 11.6. The highest BCUT2D eigenvalue weighted by Crippen LogP contribution is 2.28. The van der Waals surface area contributed by atoms with Gasteiger partial charge >= 0.3 is 0 Å². The molecule has 1 amide bonds. The number of carbonyl (C=O) groups excluding carboxylic acids is 1. The zero-order valence-corrected chi connectivity index (χ0v) is 18.9. The van der Waals surface area contributed by atoms with Gasteiger partial charge in [0, 0.05) is 11.8 Å². The zero-order chi connectivity index (χ0) is 22.4. The number of rotatable bonds is 9. The molecule has 31 heavy (non-hydrogen) atoms. The molecule has 0 fully saturated rings. The first-order chi connectivity index (χ1) is 14.9. The van der Waals surface area contributed by atoms with Crippen molar-refractivity contribution < 1.29 is 14.3 Å². The molecular formula is C22H27N5O3S. The third kappa shape index (κ3) is 5.69. The Kier molecular flexibility index (Phi) is 7.41. The van der Waals surface area contributed by atoms with Crippen LogP contribution in [0.1, 0.15) is 36.7 Å². The number of nitrogens with zero attached hydrogens (tertiary/aromatic N) is 3. The van der Waals surface area contributed by atoms with E-state index in [0.717, 1.165) is 16.8 Å².